The van der Waals surface area contributed by atoms with E-state index in [9.17, 15) is 4.79 Å². The molecule has 0 N–H and O–H groups in total. The summed E-state index contributed by atoms with van der Waals surface area (Å²) in [5, 5.41) is 0. The Kier molecular flexibility index (Phi) is 6.60. The van der Waals surface area contributed by atoms with Crippen LogP contribution in [0.5, 0.6) is 0 Å². The number of aromatic nitrogens is 2. The van der Waals surface area contributed by atoms with Crippen molar-refractivity contribution in [3.05, 3.63) is 18.7 Å². The molecule has 1 aromatic heterocycles. The van der Waals surface area contributed by atoms with E-state index in [-0.39, 0.29) is 18.0 Å². The van der Waals surface area contributed by atoms with Crippen LogP contribution >= 0.6 is 0 Å². The second-order valence-electron chi connectivity index (χ2n) is 5.54. The van der Waals surface area contributed by atoms with Crippen molar-refractivity contribution < 1.29 is 4.79 Å². The van der Waals surface area contributed by atoms with Gasteiger partial charge in [0.25, 0.3) is 0 Å². The zero-order valence-corrected chi connectivity index (χ0v) is 12.6. The third-order valence-corrected chi connectivity index (χ3v) is 3.21. The molecule has 0 saturated heterocycles. The van der Waals surface area contributed by atoms with E-state index >= 15 is 0 Å². The number of aryl methyl sites for hydroxylation is 1. The molecule has 0 bridgehead atoms. The number of hydrogen-bond acceptors (Lipinski definition) is 2. The van der Waals surface area contributed by atoms with E-state index in [2.05, 4.69) is 38.9 Å². The van der Waals surface area contributed by atoms with Crippen LogP contribution in [0.3, 0.4) is 0 Å². The van der Waals surface area contributed by atoms with Gasteiger partial charge in [-0.2, -0.15) is 0 Å². The fourth-order valence-electron chi connectivity index (χ4n) is 2.42. The summed E-state index contributed by atoms with van der Waals surface area (Å²) in [4.78, 5) is 18.0. The molecule has 0 unspecified atom stereocenters. The van der Waals surface area contributed by atoms with Crippen LogP contribution in [-0.2, 0) is 11.3 Å². The highest BCUT2D eigenvalue weighted by Crippen LogP contribution is 2.11. The number of carbonyl (C=O) groups excluding carboxylic acids is 1. The average molecular weight is 264 g/mol. The predicted octanol–water partition coefficient (Wildman–Crippen LogP) is 2.89. The second kappa shape index (κ2) is 7.97. The maximum atomic E-state index is 12.1. The van der Waals surface area contributed by atoms with Crippen LogP contribution in [0.1, 0.15) is 53.4 Å². The largest absolute Gasteiger partial charge is 0.338 e. The fraction of sp³-hybridized carbons (Fsp3) is 0.733. The highest BCUT2D eigenvalue weighted by molar-refractivity contribution is 5.76. The Morgan fingerprint density at radius 1 is 1.21 bits per heavy atom. The van der Waals surface area contributed by atoms with Crippen LogP contribution in [0.4, 0.5) is 0 Å². The van der Waals surface area contributed by atoms with Gasteiger partial charge in [0.15, 0.2) is 0 Å². The molecule has 1 amide bonds. The van der Waals surface area contributed by atoms with E-state index in [1.807, 2.05) is 15.7 Å². The first-order valence-electron chi connectivity index (χ1n) is 7.21. The first-order chi connectivity index (χ1) is 9.02. The minimum atomic E-state index is 0.279. The minimum Gasteiger partial charge on any atom is -0.338 e. The van der Waals surface area contributed by atoms with Crippen molar-refractivity contribution in [1.29, 1.82) is 0 Å². The van der Waals surface area contributed by atoms with Gasteiger partial charge in [-0.25, -0.2) is 4.98 Å². The summed E-state index contributed by atoms with van der Waals surface area (Å²) in [6.07, 6.45) is 10.2. The van der Waals surface area contributed by atoms with Crippen LogP contribution < -0.4 is 0 Å². The molecule has 1 heterocycles. The van der Waals surface area contributed by atoms with Crippen LogP contribution in [-0.4, -0.2) is 32.4 Å². The molecule has 1 aromatic rings. The molecule has 0 spiro atoms. The lowest BCUT2D eigenvalue weighted by atomic mass is 10.1. The molecule has 0 aromatic carbocycles. The maximum absolute atomic E-state index is 12.1. The van der Waals surface area contributed by atoms with Crippen LogP contribution in [0.2, 0.25) is 0 Å². The molecular weight excluding hydrogens is 238 g/mol. The quantitative estimate of drug-likeness (QED) is 0.677. The molecule has 0 fully saturated rings. The minimum absolute atomic E-state index is 0.279. The Morgan fingerprint density at radius 3 is 2.42 bits per heavy atom. The number of hydrogen-bond donors (Lipinski definition) is 0. The standard InChI is InChI=1S/C15H26N3O/c1-13(2)18(14(3)4)15(19)8-6-5-7-10-17-11-9-16-12-17/h11-14H,5-8,10H2,1-4H3. The summed E-state index contributed by atoms with van der Waals surface area (Å²) in [5.74, 6) is 0.279. The highest BCUT2D eigenvalue weighted by Gasteiger charge is 2.18. The van der Waals surface area contributed by atoms with Crippen LogP contribution in [0.25, 0.3) is 0 Å². The Bertz CT molecular complexity index is 349. The zero-order chi connectivity index (χ0) is 14.3. The molecule has 4 heteroatoms. The SMILES string of the molecule is CC(C)N(C(=O)CCCCCn1c[c]nc1)C(C)C. The first kappa shape index (κ1) is 15.7. The number of amides is 1. The van der Waals surface area contributed by atoms with E-state index < -0.39 is 0 Å². The predicted molar refractivity (Wildman–Crippen MR) is 76.6 cm³/mol. The van der Waals surface area contributed by atoms with Crippen molar-refractivity contribution in [3.8, 4) is 0 Å². The molecule has 0 saturated carbocycles. The number of imidazole rings is 1. The molecule has 107 valence electrons. The third kappa shape index (κ3) is 5.45. The lowest BCUT2D eigenvalue weighted by Gasteiger charge is -2.30. The number of rotatable bonds is 8. The molecule has 19 heavy (non-hydrogen) atoms. The van der Waals surface area contributed by atoms with Crippen molar-refractivity contribution in [2.24, 2.45) is 0 Å². The molecule has 0 atom stereocenters. The van der Waals surface area contributed by atoms with Gasteiger partial charge in [0.05, 0.1) is 6.33 Å². The molecular formula is C15H26N3O. The van der Waals surface area contributed by atoms with Gasteiger partial charge in [0.1, 0.15) is 6.20 Å². The van der Waals surface area contributed by atoms with Crippen molar-refractivity contribution in [2.45, 2.75) is 72.0 Å². The summed E-state index contributed by atoms with van der Waals surface area (Å²) in [6.45, 7) is 9.27. The van der Waals surface area contributed by atoms with E-state index in [0.29, 0.717) is 6.42 Å². The topological polar surface area (TPSA) is 38.1 Å². The number of nitrogens with zero attached hydrogens (tertiary/aromatic N) is 3. The van der Waals surface area contributed by atoms with Crippen molar-refractivity contribution in [1.82, 2.24) is 14.5 Å². The summed E-state index contributed by atoms with van der Waals surface area (Å²) >= 11 is 0. The number of unbranched alkanes of at least 4 members (excludes halogenated alkanes) is 2. The monoisotopic (exact) mass is 264 g/mol. The van der Waals surface area contributed by atoms with Gasteiger partial charge >= 0.3 is 0 Å². The summed E-state index contributed by atoms with van der Waals surface area (Å²) in [7, 11) is 0. The van der Waals surface area contributed by atoms with Gasteiger partial charge in [-0.05, 0) is 40.5 Å². The highest BCUT2D eigenvalue weighted by atomic mass is 16.2. The average Bonchev–Trinajstić information content (AvgIpc) is 2.80. The van der Waals surface area contributed by atoms with E-state index in [0.717, 1.165) is 25.8 Å². The first-order valence-corrected chi connectivity index (χ1v) is 7.21. The third-order valence-electron chi connectivity index (χ3n) is 3.21. The van der Waals surface area contributed by atoms with Crippen molar-refractivity contribution in [2.75, 3.05) is 0 Å². The van der Waals surface area contributed by atoms with Gasteiger partial charge < -0.3 is 9.47 Å². The Morgan fingerprint density at radius 2 is 1.89 bits per heavy atom. The number of carbonyl (C=O) groups is 1. The smallest absolute Gasteiger partial charge is 0.223 e. The van der Waals surface area contributed by atoms with Crippen LogP contribution in [0.15, 0.2) is 12.5 Å². The van der Waals surface area contributed by atoms with E-state index in [1.54, 1.807) is 6.33 Å². The maximum Gasteiger partial charge on any atom is 0.223 e. The Labute approximate surface area is 116 Å². The zero-order valence-electron chi connectivity index (χ0n) is 12.6. The second-order valence-corrected chi connectivity index (χ2v) is 5.54. The van der Waals surface area contributed by atoms with Gasteiger partial charge in [-0.3, -0.25) is 4.79 Å². The van der Waals surface area contributed by atoms with E-state index in [4.69, 9.17) is 0 Å². The summed E-state index contributed by atoms with van der Waals surface area (Å²) in [5.41, 5.74) is 0. The molecule has 1 radical (unpaired) electrons. The Balaban J connectivity index is 2.19. The van der Waals surface area contributed by atoms with Gasteiger partial charge in [0, 0.05) is 31.2 Å². The molecule has 1 rings (SSSR count). The fourth-order valence-corrected chi connectivity index (χ4v) is 2.42. The summed E-state index contributed by atoms with van der Waals surface area (Å²) in [6, 6.07) is 0.572. The van der Waals surface area contributed by atoms with Gasteiger partial charge in [0.2, 0.25) is 5.91 Å². The Hall–Kier alpha value is -1.32. The van der Waals surface area contributed by atoms with Crippen LogP contribution in [0, 0.1) is 6.20 Å². The lowest BCUT2D eigenvalue weighted by Crippen LogP contribution is -2.41. The molecule has 0 aliphatic carbocycles. The van der Waals surface area contributed by atoms with Crippen molar-refractivity contribution in [3.63, 3.8) is 0 Å². The van der Waals surface area contributed by atoms with Gasteiger partial charge in [-0.1, -0.05) is 6.42 Å². The van der Waals surface area contributed by atoms with E-state index in [1.165, 1.54) is 0 Å². The van der Waals surface area contributed by atoms with Gasteiger partial charge in [-0.15, -0.1) is 0 Å². The van der Waals surface area contributed by atoms with Crippen molar-refractivity contribution >= 4 is 5.91 Å². The molecule has 0 aliphatic heterocycles. The molecule has 4 nitrogen and oxygen atoms in total. The lowest BCUT2D eigenvalue weighted by molar-refractivity contribution is -0.134. The molecule has 0 aliphatic rings. The summed E-state index contributed by atoms with van der Waals surface area (Å²) < 4.78 is 2.02. The normalized spacial score (nSPS) is 11.3.